The fraction of sp³-hybridized carbons (Fsp3) is 0.941. The van der Waals surface area contributed by atoms with Crippen molar-refractivity contribution >= 4 is 33.5 Å². The molecule has 7 fully saturated rings. The molecule has 13 heteroatoms. The Bertz CT molecular complexity index is 1710. The summed E-state index contributed by atoms with van der Waals surface area (Å²) >= 11 is 0. The van der Waals surface area contributed by atoms with Crippen molar-refractivity contribution in [3.63, 3.8) is 0 Å². The summed E-state index contributed by atoms with van der Waals surface area (Å²) in [5, 5.41) is 16.0. The highest BCUT2D eigenvalue weighted by Gasteiger charge is 2.35. The molecule has 2 saturated carbocycles. The summed E-state index contributed by atoms with van der Waals surface area (Å²) in [5.41, 5.74) is 0.722. The first-order valence-electron chi connectivity index (χ1n) is 32.4. The molecule has 0 aromatic rings. The Kier molecular flexibility index (Phi) is 49.7. The van der Waals surface area contributed by atoms with E-state index in [2.05, 4.69) is 126 Å². The number of aliphatic hydroxyl groups is 1. The maximum atomic E-state index is 11.2. The zero-order valence-corrected chi connectivity index (χ0v) is 57.4. The van der Waals surface area contributed by atoms with Crippen molar-refractivity contribution in [2.45, 2.75) is 311 Å². The Morgan fingerprint density at radius 3 is 1.35 bits per heavy atom. The van der Waals surface area contributed by atoms with Gasteiger partial charge in [0.05, 0.1) is 17.1 Å². The van der Waals surface area contributed by atoms with E-state index in [1.54, 1.807) is 20.8 Å². The van der Waals surface area contributed by atoms with E-state index in [1.165, 1.54) is 90.3 Å². The Labute approximate surface area is 503 Å². The molecule has 0 aromatic heterocycles. The number of Topliss-reactive ketones (excluding diaryl/α,β-unsaturated/α-hetero) is 2. The number of carbonyl (C=O) groups excluding carboxylic acids is 5. The first-order chi connectivity index (χ1) is 37.0. The summed E-state index contributed by atoms with van der Waals surface area (Å²) in [4.78, 5) is 52.5. The Morgan fingerprint density at radius 2 is 1.19 bits per heavy atom. The molecule has 2 aliphatic carbocycles. The zero-order valence-electron chi connectivity index (χ0n) is 56.6. The molecule has 7 aliphatic rings. The van der Waals surface area contributed by atoms with Gasteiger partial charge in [-0.1, -0.05) is 158 Å². The van der Waals surface area contributed by atoms with Crippen LogP contribution in [-0.4, -0.2) is 121 Å². The summed E-state index contributed by atoms with van der Waals surface area (Å²) in [7, 11) is -2.69. The highest BCUT2D eigenvalue weighted by Crippen LogP contribution is 2.46. The third kappa shape index (κ3) is 41.6. The molecule has 0 radical (unpaired) electrons. The minimum Gasteiger partial charge on any atom is -0.391 e. The van der Waals surface area contributed by atoms with Crippen molar-refractivity contribution in [1.29, 1.82) is 0 Å². The number of hydrogen-bond donors (Lipinski definition) is 3. The molecule has 0 spiro atoms. The third-order valence-corrected chi connectivity index (χ3v) is 19.9. The third-order valence-electron chi connectivity index (χ3n) is 17.4. The molecule has 12 nitrogen and oxygen atoms in total. The summed E-state index contributed by atoms with van der Waals surface area (Å²) in [6, 6.07) is 2.41. The molecular formula is C68H138N4O8S. The van der Waals surface area contributed by atoms with E-state index in [1.807, 2.05) is 32.6 Å². The van der Waals surface area contributed by atoms with Crippen molar-refractivity contribution in [2.24, 2.45) is 64.6 Å². The van der Waals surface area contributed by atoms with Crippen LogP contribution in [0.15, 0.2) is 0 Å². The molecule has 6 unspecified atom stereocenters. The molecule has 484 valence electrons. The average Bonchev–Trinajstić information content (AvgIpc) is 4.17. The van der Waals surface area contributed by atoms with Crippen LogP contribution in [0.5, 0.6) is 0 Å². The smallest absolute Gasteiger partial charge is 0.373 e. The first-order valence-corrected chi connectivity index (χ1v) is 34.1. The van der Waals surface area contributed by atoms with Gasteiger partial charge in [-0.2, -0.15) is 9.59 Å². The van der Waals surface area contributed by atoms with Crippen LogP contribution in [0, 0.1) is 64.6 Å². The van der Waals surface area contributed by atoms with Gasteiger partial charge in [0.1, 0.15) is 11.6 Å². The van der Waals surface area contributed by atoms with Crippen LogP contribution in [0.2, 0.25) is 0 Å². The van der Waals surface area contributed by atoms with Crippen molar-refractivity contribution in [3.8, 4) is 0 Å². The fourth-order valence-corrected chi connectivity index (χ4v) is 13.3. The van der Waals surface area contributed by atoms with Crippen LogP contribution < -0.4 is 10.6 Å². The number of ketones is 2. The maximum Gasteiger partial charge on any atom is 0.373 e. The summed E-state index contributed by atoms with van der Waals surface area (Å²) in [6.45, 7) is 54.8. The number of carbonyl (C=O) groups is 3. The zero-order chi connectivity index (χ0) is 62.5. The molecule has 7 rings (SSSR count). The van der Waals surface area contributed by atoms with Crippen LogP contribution >= 0.6 is 0 Å². The Hall–Kier alpha value is -2.02. The number of nitrogens with zero attached hydrogens (tertiary/aromatic N) is 2. The lowest BCUT2D eigenvalue weighted by atomic mass is 9.64. The largest absolute Gasteiger partial charge is 0.391 e. The van der Waals surface area contributed by atoms with E-state index < -0.39 is 9.84 Å². The molecule has 0 aromatic carbocycles. The minimum absolute atomic E-state index is 0. The van der Waals surface area contributed by atoms with E-state index in [9.17, 15) is 27.9 Å². The molecule has 5 saturated heterocycles. The van der Waals surface area contributed by atoms with Gasteiger partial charge in [0.2, 0.25) is 5.91 Å². The second-order valence-electron chi connectivity index (χ2n) is 28.1. The van der Waals surface area contributed by atoms with Gasteiger partial charge < -0.3 is 35.1 Å². The highest BCUT2D eigenvalue weighted by atomic mass is 32.2. The molecule has 6 atom stereocenters. The quantitative estimate of drug-likeness (QED) is 0.170. The summed E-state index contributed by atoms with van der Waals surface area (Å²) < 4.78 is 22.4. The molecule has 5 heterocycles. The lowest BCUT2D eigenvalue weighted by Crippen LogP contribution is -2.36. The lowest BCUT2D eigenvalue weighted by molar-refractivity contribution is -0.191. The maximum absolute atomic E-state index is 11.2. The van der Waals surface area contributed by atoms with Crippen LogP contribution in [-0.2, 0) is 33.8 Å². The van der Waals surface area contributed by atoms with Crippen LogP contribution in [0.4, 0.5) is 0 Å². The van der Waals surface area contributed by atoms with Crippen LogP contribution in [0.25, 0.3) is 0 Å². The average molecular weight is 1170 g/mol. The van der Waals surface area contributed by atoms with Gasteiger partial charge in [-0.3, -0.25) is 4.79 Å². The van der Waals surface area contributed by atoms with Crippen LogP contribution in [0.3, 0.4) is 0 Å². The van der Waals surface area contributed by atoms with Crippen molar-refractivity contribution in [2.75, 3.05) is 38.5 Å². The number of hydrogen-bond acceptors (Lipinski definition) is 11. The number of nitrogens with one attached hydrogen (secondary N) is 2. The van der Waals surface area contributed by atoms with Crippen molar-refractivity contribution in [1.82, 2.24) is 20.4 Å². The SMILES string of the molecule is C.CC(=O)CC(C)C.CC(=O)CCC(C)C.CC(=O)N1CCCC1C(C)C.CC(C)C1(C)CCC1.CC(C)C1CCC1.CC(C)C1CCCS1(=O)=O.CC(C)C1NCCC1O.CC(C)N1CCCC1.CC1CNC(C(C)C)C1.O=C=O. The predicted molar refractivity (Wildman–Crippen MR) is 346 cm³/mol. The lowest BCUT2D eigenvalue weighted by Gasteiger charge is -2.42. The van der Waals surface area contributed by atoms with Gasteiger partial charge in [0.25, 0.3) is 0 Å². The molecule has 5 aliphatic heterocycles. The molecule has 0 bridgehead atoms. The second kappa shape index (κ2) is 47.2. The van der Waals surface area contributed by atoms with Gasteiger partial charge >= 0.3 is 6.15 Å². The second-order valence-corrected chi connectivity index (χ2v) is 30.4. The topological polar surface area (TPSA) is 170 Å². The van der Waals surface area contributed by atoms with Gasteiger partial charge in [-0.15, -0.1) is 0 Å². The van der Waals surface area contributed by atoms with Gasteiger partial charge in [-0.05, 0) is 189 Å². The van der Waals surface area contributed by atoms with E-state index >= 15 is 0 Å². The number of aliphatic hydroxyl groups excluding tert-OH is 1. The Morgan fingerprint density at radius 1 is 0.642 bits per heavy atom. The van der Waals surface area contributed by atoms with E-state index in [-0.39, 0.29) is 36.6 Å². The highest BCUT2D eigenvalue weighted by molar-refractivity contribution is 7.92. The van der Waals surface area contributed by atoms with E-state index in [0.29, 0.717) is 53.2 Å². The van der Waals surface area contributed by atoms with Crippen molar-refractivity contribution < 1.29 is 37.5 Å². The predicted octanol–water partition coefficient (Wildman–Crippen LogP) is 15.3. The molecular weight excluding hydrogens is 1030 g/mol. The Balaban J connectivity index is -0.000000410. The monoisotopic (exact) mass is 1170 g/mol. The summed E-state index contributed by atoms with van der Waals surface area (Å²) in [6.07, 6.45) is 20.8. The van der Waals surface area contributed by atoms with Gasteiger partial charge in [-0.25, -0.2) is 8.42 Å². The molecule has 1 amide bonds. The molecule has 3 N–H and O–H groups in total. The normalized spacial score (nSPS) is 23.9. The fourth-order valence-electron chi connectivity index (χ4n) is 11.0. The van der Waals surface area contributed by atoms with Crippen molar-refractivity contribution in [3.05, 3.63) is 0 Å². The molecule has 81 heavy (non-hydrogen) atoms. The van der Waals surface area contributed by atoms with Crippen LogP contribution in [0.1, 0.15) is 276 Å². The van der Waals surface area contributed by atoms with E-state index in [4.69, 9.17) is 9.59 Å². The number of sulfone groups is 1. The summed E-state index contributed by atoms with van der Waals surface area (Å²) in [5.74, 6) is 8.55. The number of amides is 1. The van der Waals surface area contributed by atoms with Gasteiger partial charge in [0, 0.05) is 50.5 Å². The number of rotatable bonds is 12. The first kappa shape index (κ1) is 85.4. The van der Waals surface area contributed by atoms with Gasteiger partial charge in [0.15, 0.2) is 9.84 Å². The standard InChI is InChI=1S/C9H17NO.C8H17N.C8H16.C7H15NO.C7H15N.C7H14O2S.C7H14O.C7H14.C6H12O.CO2.CH4/c1-7(2)9-5-4-6-10(9)8(3)11;1-6(2)8-4-7(3)5-9-8;1-7(2)8(3)5-4-6-8;1-5(2)7-6(9)3-4-8-7;1-7(2)8-5-3-4-6-8;1-6(2)7-4-3-5-10(7,8)9;1-6(2)4-5-7(3)8;1-6(2)7-4-3-5-7;1-5(2)4-6(3)7;2-1-3;/h7,9H,4-6H2,1-3H3;6-9H,4-5H2,1-3H3;7H,4-6H2,1-3H3;5-9H,3-4H2,1-2H3;7H,3-6H2,1-2H3;6-7H,3-5H2,1-2H3;6H,4-5H2,1-3H3;6-7H,3-5H2,1-2H3;5H,4H2,1-3H3;;1H4. The minimum atomic E-state index is -2.69. The number of likely N-dealkylation sites (tertiary alicyclic amines) is 2. The van der Waals surface area contributed by atoms with E-state index in [0.717, 1.165) is 98.7 Å².